The van der Waals surface area contributed by atoms with Gasteiger partial charge in [0.2, 0.25) is 0 Å². The predicted molar refractivity (Wildman–Crippen MR) is 176 cm³/mol. The molecule has 47 heavy (non-hydrogen) atoms. The number of nitrogens with zero attached hydrogens (tertiary/aromatic N) is 7. The van der Waals surface area contributed by atoms with Gasteiger partial charge in [0, 0.05) is 50.5 Å². The molecule has 0 radical (unpaired) electrons. The molecule has 0 unspecified atom stereocenters. The fourth-order valence-corrected chi connectivity index (χ4v) is 7.46. The number of aliphatic hydroxyl groups is 1. The van der Waals surface area contributed by atoms with Crippen LogP contribution in [0, 0.1) is 17.8 Å². The quantitative estimate of drug-likeness (QED) is 0.224. The van der Waals surface area contributed by atoms with Crippen molar-refractivity contribution < 1.29 is 18.3 Å². The van der Waals surface area contributed by atoms with E-state index in [0.29, 0.717) is 41.8 Å². The molecule has 0 bridgehead atoms. The van der Waals surface area contributed by atoms with E-state index >= 15 is 0 Å². The van der Waals surface area contributed by atoms with Crippen molar-refractivity contribution in [3.05, 3.63) is 60.4 Å². The standard InChI is InChI=1S/C33H39N9O4S/c1-33(43)11-6-27(7-12-33)38-29-16-31(35-18-25(29)3-2-24-17-36-41(21-24)20-23-9-14-46-15-10-23)39-30-8-13-34-32(40-30)26-19-37-42(22-26)47(44,45)28-4-5-28/h8,13,16-19,21-23,27-28,43H,4-7,9-12,14-15,20H2,1H3,(H2,34,35,38,39,40)/t27-,33+. The van der Waals surface area contributed by atoms with Crippen LogP contribution in [-0.4, -0.2) is 77.5 Å². The summed E-state index contributed by atoms with van der Waals surface area (Å²) in [6, 6.07) is 3.81. The molecule has 246 valence electrons. The molecular weight excluding hydrogens is 618 g/mol. The van der Waals surface area contributed by atoms with Gasteiger partial charge in [0.1, 0.15) is 11.6 Å². The van der Waals surface area contributed by atoms with E-state index in [1.807, 2.05) is 23.9 Å². The third kappa shape index (κ3) is 7.64. The number of nitrogens with one attached hydrogen (secondary N) is 2. The highest BCUT2D eigenvalue weighted by molar-refractivity contribution is 7.90. The Bertz CT molecular complexity index is 1890. The van der Waals surface area contributed by atoms with Gasteiger partial charge in [0.25, 0.3) is 10.0 Å². The summed E-state index contributed by atoms with van der Waals surface area (Å²) in [5.74, 6) is 8.51. The highest BCUT2D eigenvalue weighted by Gasteiger charge is 2.37. The lowest BCUT2D eigenvalue weighted by molar-refractivity contribution is 0.0196. The molecule has 1 saturated heterocycles. The van der Waals surface area contributed by atoms with Gasteiger partial charge in [-0.15, -0.1) is 0 Å². The van der Waals surface area contributed by atoms with Crippen molar-refractivity contribution in [2.24, 2.45) is 5.92 Å². The van der Waals surface area contributed by atoms with Gasteiger partial charge in [-0.05, 0) is 70.3 Å². The normalized spacial score (nSPS) is 22.0. The van der Waals surface area contributed by atoms with Crippen LogP contribution < -0.4 is 10.6 Å². The second kappa shape index (κ2) is 13.1. The highest BCUT2D eigenvalue weighted by Crippen LogP contribution is 2.32. The Labute approximate surface area is 274 Å². The summed E-state index contributed by atoms with van der Waals surface area (Å²) in [7, 11) is -3.48. The minimum absolute atomic E-state index is 0.183. The third-order valence-corrected chi connectivity index (χ3v) is 11.1. The second-order valence-corrected chi connectivity index (χ2v) is 15.1. The van der Waals surface area contributed by atoms with Gasteiger partial charge >= 0.3 is 0 Å². The first-order valence-electron chi connectivity index (χ1n) is 16.2. The topological polar surface area (TPSA) is 162 Å². The maximum Gasteiger partial charge on any atom is 0.256 e. The fraction of sp³-hybridized carbons (Fsp3) is 0.485. The molecule has 0 amide bonds. The van der Waals surface area contributed by atoms with Crippen LogP contribution >= 0.6 is 0 Å². The van der Waals surface area contributed by atoms with E-state index < -0.39 is 15.6 Å². The zero-order valence-electron chi connectivity index (χ0n) is 26.3. The summed E-state index contributed by atoms with van der Waals surface area (Å²) in [5.41, 5.74) is 2.28. The van der Waals surface area contributed by atoms with Crippen molar-refractivity contribution >= 4 is 27.3 Å². The van der Waals surface area contributed by atoms with E-state index in [-0.39, 0.29) is 11.3 Å². The van der Waals surface area contributed by atoms with Crippen molar-refractivity contribution in [3.8, 4) is 23.2 Å². The zero-order chi connectivity index (χ0) is 32.4. The van der Waals surface area contributed by atoms with E-state index in [1.54, 1.807) is 24.7 Å². The molecule has 3 N–H and O–H groups in total. The molecule has 13 nitrogen and oxygen atoms in total. The van der Waals surface area contributed by atoms with Gasteiger partial charge in [-0.3, -0.25) is 4.68 Å². The van der Waals surface area contributed by atoms with Crippen LogP contribution in [-0.2, 0) is 21.3 Å². The van der Waals surface area contributed by atoms with Gasteiger partial charge in [-0.1, -0.05) is 11.8 Å². The minimum Gasteiger partial charge on any atom is -0.390 e. The summed E-state index contributed by atoms with van der Waals surface area (Å²) >= 11 is 0. The van der Waals surface area contributed by atoms with Crippen LogP contribution in [0.15, 0.2) is 49.3 Å². The average molecular weight is 658 g/mol. The summed E-state index contributed by atoms with van der Waals surface area (Å²) in [6.07, 6.45) is 16.6. The Morgan fingerprint density at radius 3 is 2.60 bits per heavy atom. The Morgan fingerprint density at radius 2 is 1.81 bits per heavy atom. The summed E-state index contributed by atoms with van der Waals surface area (Å²) in [5, 5.41) is 25.6. The third-order valence-electron chi connectivity index (χ3n) is 9.02. The molecule has 3 aliphatic rings. The van der Waals surface area contributed by atoms with E-state index in [4.69, 9.17) is 4.74 Å². The smallest absolute Gasteiger partial charge is 0.256 e. The maximum atomic E-state index is 12.6. The van der Waals surface area contributed by atoms with Crippen molar-refractivity contribution in [2.45, 2.75) is 81.7 Å². The molecular formula is C33H39N9O4S. The first-order valence-corrected chi connectivity index (χ1v) is 17.7. The molecule has 1 aliphatic heterocycles. The van der Waals surface area contributed by atoms with Gasteiger partial charge in [0.05, 0.1) is 51.8 Å². The number of ether oxygens (including phenoxy) is 1. The number of hydrogen-bond acceptors (Lipinski definition) is 11. The molecule has 2 saturated carbocycles. The largest absolute Gasteiger partial charge is 0.390 e. The van der Waals surface area contributed by atoms with Gasteiger partial charge in [0.15, 0.2) is 5.82 Å². The first-order chi connectivity index (χ1) is 22.7. The van der Waals surface area contributed by atoms with E-state index in [1.165, 1.54) is 12.4 Å². The molecule has 14 heteroatoms. The van der Waals surface area contributed by atoms with Crippen LogP contribution in [0.1, 0.15) is 69.4 Å². The summed E-state index contributed by atoms with van der Waals surface area (Å²) in [4.78, 5) is 13.6. The van der Waals surface area contributed by atoms with Crippen LogP contribution in [0.25, 0.3) is 11.4 Å². The monoisotopic (exact) mass is 657 g/mol. The molecule has 4 aromatic heterocycles. The molecule has 0 spiro atoms. The number of aromatic nitrogens is 7. The maximum absolute atomic E-state index is 12.6. The van der Waals surface area contributed by atoms with Crippen molar-refractivity contribution in [1.82, 2.24) is 33.9 Å². The lowest BCUT2D eigenvalue weighted by Crippen LogP contribution is -2.35. The van der Waals surface area contributed by atoms with Gasteiger partial charge in [-0.2, -0.15) is 14.3 Å². The van der Waals surface area contributed by atoms with Crippen LogP contribution in [0.4, 0.5) is 17.3 Å². The Hall–Kier alpha value is -4.32. The number of pyridine rings is 1. The molecule has 3 fully saturated rings. The van der Waals surface area contributed by atoms with Crippen LogP contribution in [0.5, 0.6) is 0 Å². The molecule has 0 aromatic carbocycles. The Morgan fingerprint density at radius 1 is 1.00 bits per heavy atom. The summed E-state index contributed by atoms with van der Waals surface area (Å²) < 4.78 is 33.6. The van der Waals surface area contributed by atoms with Gasteiger partial charge in [-0.25, -0.2) is 23.4 Å². The van der Waals surface area contributed by atoms with Crippen molar-refractivity contribution in [3.63, 3.8) is 0 Å². The van der Waals surface area contributed by atoms with Crippen LogP contribution in [0.3, 0.4) is 0 Å². The number of hydrogen-bond donors (Lipinski definition) is 3. The number of anilines is 3. The molecule has 5 heterocycles. The average Bonchev–Trinajstić information content (AvgIpc) is 3.65. The molecule has 0 atom stereocenters. The SMILES string of the molecule is C[C@]1(O)CC[C@@H](Nc2cc(Nc3ccnc(-c4cnn(S(=O)(=O)C5CC5)c4)n3)ncc2C#Cc2cnn(CC3CCOCC3)c2)CC1. The number of rotatable bonds is 9. The van der Waals surface area contributed by atoms with Crippen molar-refractivity contribution in [1.29, 1.82) is 0 Å². The highest BCUT2D eigenvalue weighted by atomic mass is 32.2. The van der Waals surface area contributed by atoms with Crippen molar-refractivity contribution in [2.75, 3.05) is 23.8 Å². The Balaban J connectivity index is 1.10. The Kier molecular flexibility index (Phi) is 8.69. The van der Waals surface area contributed by atoms with E-state index in [9.17, 15) is 13.5 Å². The van der Waals surface area contributed by atoms with E-state index in [2.05, 4.69) is 47.6 Å². The molecule has 4 aromatic rings. The second-order valence-electron chi connectivity index (χ2n) is 13.0. The van der Waals surface area contributed by atoms with E-state index in [0.717, 1.165) is 79.2 Å². The predicted octanol–water partition coefficient (Wildman–Crippen LogP) is 3.95. The lowest BCUT2D eigenvalue weighted by atomic mass is 9.83. The zero-order valence-corrected chi connectivity index (χ0v) is 27.2. The fourth-order valence-electron chi connectivity index (χ4n) is 5.98. The minimum atomic E-state index is -3.48. The molecule has 7 rings (SSSR count). The van der Waals surface area contributed by atoms with Gasteiger partial charge < -0.3 is 20.5 Å². The first kappa shape index (κ1) is 31.3. The van der Waals surface area contributed by atoms with Crippen LogP contribution in [0.2, 0.25) is 0 Å². The molecule has 2 aliphatic carbocycles. The summed E-state index contributed by atoms with van der Waals surface area (Å²) in [6.45, 7) is 4.37. The lowest BCUT2D eigenvalue weighted by Gasteiger charge is -2.34.